The lowest BCUT2D eigenvalue weighted by molar-refractivity contribution is 0.815. The molecule has 2 aromatic rings. The number of benzene rings is 1. The van der Waals surface area contributed by atoms with Gasteiger partial charge in [-0.3, -0.25) is 0 Å². The molecule has 0 saturated carbocycles. The van der Waals surface area contributed by atoms with Crippen molar-refractivity contribution in [1.29, 1.82) is 0 Å². The first-order valence-electron chi connectivity index (χ1n) is 4.61. The van der Waals surface area contributed by atoms with Crippen LogP contribution in [0.15, 0.2) is 24.4 Å². The van der Waals surface area contributed by atoms with Gasteiger partial charge in [0.1, 0.15) is 0 Å². The molecule has 2 rings (SSSR count). The lowest BCUT2D eigenvalue weighted by atomic mass is 10.2. The molecule has 0 aliphatic rings. The molecule has 3 heteroatoms. The largest absolute Gasteiger partial charge is 0.350 e. The van der Waals surface area contributed by atoms with E-state index in [9.17, 15) is 0 Å². The summed E-state index contributed by atoms with van der Waals surface area (Å²) in [7, 11) is 3.98. The quantitative estimate of drug-likeness (QED) is 0.803. The van der Waals surface area contributed by atoms with Crippen LogP contribution in [0.25, 0.3) is 10.9 Å². The van der Waals surface area contributed by atoms with Crippen molar-refractivity contribution in [2.45, 2.75) is 6.54 Å². The van der Waals surface area contributed by atoms with Crippen molar-refractivity contribution in [3.63, 3.8) is 0 Å². The van der Waals surface area contributed by atoms with E-state index < -0.39 is 0 Å². The van der Waals surface area contributed by atoms with Crippen LogP contribution in [0.2, 0.25) is 5.02 Å². The number of aryl methyl sites for hydroxylation is 1. The van der Waals surface area contributed by atoms with Crippen LogP contribution in [0.3, 0.4) is 0 Å². The smallest absolute Gasteiger partial charge is 0.0503 e. The van der Waals surface area contributed by atoms with Crippen LogP contribution < -0.4 is 5.32 Å². The first-order valence-corrected chi connectivity index (χ1v) is 4.99. The summed E-state index contributed by atoms with van der Waals surface area (Å²) in [5, 5.41) is 5.13. The Labute approximate surface area is 88.5 Å². The highest BCUT2D eigenvalue weighted by atomic mass is 35.5. The predicted molar refractivity (Wildman–Crippen MR) is 60.7 cm³/mol. The third-order valence-electron chi connectivity index (χ3n) is 2.41. The highest BCUT2D eigenvalue weighted by molar-refractivity contribution is 6.35. The summed E-state index contributed by atoms with van der Waals surface area (Å²) >= 11 is 6.17. The third kappa shape index (κ3) is 1.41. The second kappa shape index (κ2) is 3.64. The van der Waals surface area contributed by atoms with E-state index in [1.165, 1.54) is 11.1 Å². The maximum atomic E-state index is 6.17. The number of hydrogen-bond donors (Lipinski definition) is 1. The van der Waals surface area contributed by atoms with E-state index >= 15 is 0 Å². The minimum Gasteiger partial charge on any atom is -0.350 e. The summed E-state index contributed by atoms with van der Waals surface area (Å²) in [5.74, 6) is 0. The van der Waals surface area contributed by atoms with Gasteiger partial charge in [-0.05, 0) is 24.7 Å². The van der Waals surface area contributed by atoms with Gasteiger partial charge in [0.15, 0.2) is 0 Å². The molecule has 0 bridgehead atoms. The Morgan fingerprint density at radius 1 is 1.43 bits per heavy atom. The van der Waals surface area contributed by atoms with Gasteiger partial charge in [0.05, 0.1) is 5.02 Å². The number of halogens is 1. The summed E-state index contributed by atoms with van der Waals surface area (Å²) in [4.78, 5) is 0. The van der Waals surface area contributed by atoms with Crippen LogP contribution in [-0.4, -0.2) is 11.6 Å². The van der Waals surface area contributed by atoms with Crippen molar-refractivity contribution in [3.8, 4) is 0 Å². The van der Waals surface area contributed by atoms with Gasteiger partial charge in [-0.15, -0.1) is 0 Å². The van der Waals surface area contributed by atoms with Crippen molar-refractivity contribution in [2.24, 2.45) is 7.05 Å². The molecule has 1 N–H and O–H groups in total. The van der Waals surface area contributed by atoms with Crippen LogP contribution in [0, 0.1) is 0 Å². The lowest BCUT2D eigenvalue weighted by Gasteiger charge is -1.99. The second-order valence-corrected chi connectivity index (χ2v) is 3.84. The van der Waals surface area contributed by atoms with Crippen LogP contribution >= 0.6 is 11.6 Å². The molecule has 0 atom stereocenters. The van der Waals surface area contributed by atoms with Crippen molar-refractivity contribution in [3.05, 3.63) is 35.0 Å². The van der Waals surface area contributed by atoms with Crippen LogP contribution in [-0.2, 0) is 13.6 Å². The van der Waals surface area contributed by atoms with Crippen molar-refractivity contribution < 1.29 is 0 Å². The molecule has 0 amide bonds. The molecule has 0 radical (unpaired) electrons. The van der Waals surface area contributed by atoms with Gasteiger partial charge in [-0.25, -0.2) is 0 Å². The van der Waals surface area contributed by atoms with Crippen LogP contribution in [0.1, 0.15) is 5.56 Å². The van der Waals surface area contributed by atoms with Crippen molar-refractivity contribution >= 4 is 22.5 Å². The highest BCUT2D eigenvalue weighted by Crippen LogP contribution is 2.27. The zero-order valence-electron chi connectivity index (χ0n) is 8.34. The molecule has 74 valence electrons. The number of nitrogens with one attached hydrogen (secondary N) is 1. The first kappa shape index (κ1) is 9.56. The van der Waals surface area contributed by atoms with E-state index in [1.807, 2.05) is 26.2 Å². The first-order chi connectivity index (χ1) is 6.74. The standard InChI is InChI=1S/C11H13ClN2/c1-13-6-8-7-14(2)10-5-3-4-9(12)11(8)10/h3-5,7,13H,6H2,1-2H3. The van der Waals surface area contributed by atoms with E-state index in [4.69, 9.17) is 11.6 Å². The molecule has 0 spiro atoms. The molecule has 0 fully saturated rings. The minimum atomic E-state index is 0.827. The average molecular weight is 209 g/mol. The normalized spacial score (nSPS) is 11.1. The molecular weight excluding hydrogens is 196 g/mol. The van der Waals surface area contributed by atoms with Gasteiger partial charge < -0.3 is 9.88 Å². The average Bonchev–Trinajstić information content (AvgIpc) is 2.46. The Balaban J connectivity index is 2.72. The van der Waals surface area contributed by atoms with E-state index in [0.29, 0.717) is 0 Å². The third-order valence-corrected chi connectivity index (χ3v) is 2.72. The van der Waals surface area contributed by atoms with Crippen molar-refractivity contribution in [1.82, 2.24) is 9.88 Å². The number of rotatable bonds is 2. The topological polar surface area (TPSA) is 17.0 Å². The van der Waals surface area contributed by atoms with E-state index in [0.717, 1.165) is 17.0 Å². The fourth-order valence-corrected chi connectivity index (χ4v) is 2.11. The van der Waals surface area contributed by atoms with E-state index in [-0.39, 0.29) is 0 Å². The Bertz CT molecular complexity index is 460. The second-order valence-electron chi connectivity index (χ2n) is 3.43. The number of hydrogen-bond acceptors (Lipinski definition) is 1. The molecule has 0 saturated heterocycles. The fraction of sp³-hybridized carbons (Fsp3) is 0.273. The van der Waals surface area contributed by atoms with Crippen LogP contribution in [0.5, 0.6) is 0 Å². The molecule has 1 heterocycles. The van der Waals surface area contributed by atoms with Gasteiger partial charge in [0.2, 0.25) is 0 Å². The number of aromatic nitrogens is 1. The molecule has 2 nitrogen and oxygen atoms in total. The van der Waals surface area contributed by atoms with Crippen LogP contribution in [0.4, 0.5) is 0 Å². The summed E-state index contributed by atoms with van der Waals surface area (Å²) in [6.45, 7) is 0.848. The maximum absolute atomic E-state index is 6.17. The predicted octanol–water partition coefficient (Wildman–Crippen LogP) is 2.55. The van der Waals surface area contributed by atoms with Gasteiger partial charge in [0.25, 0.3) is 0 Å². The zero-order valence-corrected chi connectivity index (χ0v) is 9.10. The molecule has 1 aromatic heterocycles. The summed E-state index contributed by atoms with van der Waals surface area (Å²) in [6.07, 6.45) is 2.12. The molecule has 0 unspecified atom stereocenters. The Morgan fingerprint density at radius 3 is 2.93 bits per heavy atom. The van der Waals surface area contributed by atoms with E-state index in [1.54, 1.807) is 0 Å². The SMILES string of the molecule is CNCc1cn(C)c2cccc(Cl)c12. The summed E-state index contributed by atoms with van der Waals surface area (Å²) in [5.41, 5.74) is 2.43. The fourth-order valence-electron chi connectivity index (χ4n) is 1.82. The molecular formula is C11H13ClN2. The Morgan fingerprint density at radius 2 is 2.21 bits per heavy atom. The number of fused-ring (bicyclic) bond motifs is 1. The molecule has 1 aromatic carbocycles. The van der Waals surface area contributed by atoms with Gasteiger partial charge in [0, 0.05) is 30.7 Å². The monoisotopic (exact) mass is 208 g/mol. The minimum absolute atomic E-state index is 0.827. The van der Waals surface area contributed by atoms with Crippen molar-refractivity contribution in [2.75, 3.05) is 7.05 Å². The molecule has 14 heavy (non-hydrogen) atoms. The zero-order chi connectivity index (χ0) is 10.1. The Hall–Kier alpha value is -0.990. The maximum Gasteiger partial charge on any atom is 0.0503 e. The molecule has 0 aliphatic heterocycles. The van der Waals surface area contributed by atoms with Gasteiger partial charge in [-0.1, -0.05) is 17.7 Å². The summed E-state index contributed by atoms with van der Waals surface area (Å²) in [6, 6.07) is 6.00. The number of nitrogens with zero attached hydrogens (tertiary/aromatic N) is 1. The lowest BCUT2D eigenvalue weighted by Crippen LogP contribution is -2.04. The van der Waals surface area contributed by atoms with Gasteiger partial charge >= 0.3 is 0 Å². The highest BCUT2D eigenvalue weighted by Gasteiger charge is 2.08. The van der Waals surface area contributed by atoms with E-state index in [2.05, 4.69) is 22.1 Å². The summed E-state index contributed by atoms with van der Waals surface area (Å²) < 4.78 is 2.11. The van der Waals surface area contributed by atoms with Gasteiger partial charge in [-0.2, -0.15) is 0 Å². The molecule has 0 aliphatic carbocycles. The Kier molecular flexibility index (Phi) is 2.48.